The van der Waals surface area contributed by atoms with Crippen molar-refractivity contribution in [3.63, 3.8) is 0 Å². The molecular weight excluding hydrogens is 375 g/mol. The lowest BCUT2D eigenvalue weighted by Crippen LogP contribution is -2.27. The molecule has 0 spiro atoms. The predicted octanol–water partition coefficient (Wildman–Crippen LogP) is 4.27. The molecule has 0 radical (unpaired) electrons. The Kier molecular flexibility index (Phi) is 5.26. The third kappa shape index (κ3) is 4.59. The van der Waals surface area contributed by atoms with Crippen LogP contribution in [0.25, 0.3) is 11.1 Å². The van der Waals surface area contributed by atoms with Gasteiger partial charge < -0.3 is 14.5 Å². The molecule has 0 aliphatic heterocycles. The van der Waals surface area contributed by atoms with E-state index in [1.54, 1.807) is 26.0 Å². The average Bonchev–Trinajstić information content (AvgIpc) is 2.98. The lowest BCUT2D eigenvalue weighted by molar-refractivity contribution is -0.154. The third-order valence-corrected chi connectivity index (χ3v) is 3.98. The van der Waals surface area contributed by atoms with Crippen LogP contribution in [-0.4, -0.2) is 28.7 Å². The summed E-state index contributed by atoms with van der Waals surface area (Å²) in [6, 6.07) is 5.97. The van der Waals surface area contributed by atoms with Crippen molar-refractivity contribution in [3.8, 4) is 5.88 Å². The topological polar surface area (TPSA) is 77.2 Å². The molecule has 1 amide bonds. The summed E-state index contributed by atoms with van der Waals surface area (Å²) in [4.78, 5) is 20.8. The first-order valence-electron chi connectivity index (χ1n) is 8.46. The molecular formula is C19H18F3N3O3. The molecule has 0 aliphatic carbocycles. The van der Waals surface area contributed by atoms with Gasteiger partial charge in [-0.2, -0.15) is 13.2 Å². The zero-order valence-electron chi connectivity index (χ0n) is 15.4. The number of oxazole rings is 1. The number of pyridine rings is 1. The van der Waals surface area contributed by atoms with Crippen molar-refractivity contribution >= 4 is 17.0 Å². The van der Waals surface area contributed by atoms with Crippen molar-refractivity contribution < 1.29 is 27.1 Å². The van der Waals surface area contributed by atoms with E-state index in [1.165, 1.54) is 12.3 Å². The number of halogens is 3. The van der Waals surface area contributed by atoms with Crippen LogP contribution in [0.15, 0.2) is 34.9 Å². The number of benzene rings is 1. The molecule has 9 heteroatoms. The molecule has 0 saturated carbocycles. The van der Waals surface area contributed by atoms with E-state index in [1.807, 2.05) is 13.0 Å². The van der Waals surface area contributed by atoms with Gasteiger partial charge in [-0.1, -0.05) is 0 Å². The minimum Gasteiger partial charge on any atom is -0.468 e. The molecule has 0 saturated heterocycles. The minimum atomic E-state index is -4.46. The third-order valence-electron chi connectivity index (χ3n) is 3.98. The number of hydrogen-bond donors (Lipinski definition) is 1. The van der Waals surface area contributed by atoms with Crippen molar-refractivity contribution in [2.24, 2.45) is 0 Å². The second-order valence-electron chi connectivity index (χ2n) is 6.42. The zero-order chi connectivity index (χ0) is 20.5. The second kappa shape index (κ2) is 7.49. The average molecular weight is 393 g/mol. The van der Waals surface area contributed by atoms with Crippen LogP contribution in [0.5, 0.6) is 5.88 Å². The van der Waals surface area contributed by atoms with Gasteiger partial charge in [-0.25, -0.2) is 9.97 Å². The van der Waals surface area contributed by atoms with Crippen LogP contribution in [0.1, 0.15) is 40.3 Å². The van der Waals surface area contributed by atoms with E-state index < -0.39 is 18.8 Å². The van der Waals surface area contributed by atoms with E-state index in [-0.39, 0.29) is 11.8 Å². The Balaban J connectivity index is 1.78. The number of rotatable bonds is 5. The maximum atomic E-state index is 12.8. The number of carbonyl (C=O) groups excluding carboxylic acids is 1. The molecule has 1 N–H and O–H groups in total. The second-order valence-corrected chi connectivity index (χ2v) is 6.42. The molecule has 3 rings (SSSR count). The lowest BCUT2D eigenvalue weighted by Gasteiger charge is -2.16. The van der Waals surface area contributed by atoms with Gasteiger partial charge in [0.05, 0.1) is 11.6 Å². The van der Waals surface area contributed by atoms with Gasteiger partial charge in [0, 0.05) is 19.2 Å². The highest BCUT2D eigenvalue weighted by Gasteiger charge is 2.28. The molecule has 0 aliphatic rings. The van der Waals surface area contributed by atoms with Crippen molar-refractivity contribution in [1.29, 1.82) is 0 Å². The minimum absolute atomic E-state index is 0.167. The fourth-order valence-corrected chi connectivity index (χ4v) is 2.74. The van der Waals surface area contributed by atoms with Gasteiger partial charge in [0.15, 0.2) is 18.1 Å². The summed E-state index contributed by atoms with van der Waals surface area (Å²) in [7, 11) is 0. The molecule has 6 nitrogen and oxygen atoms in total. The maximum Gasteiger partial charge on any atom is 0.422 e. The molecule has 3 aromatic rings. The molecule has 1 aromatic carbocycles. The quantitative estimate of drug-likeness (QED) is 0.700. The summed E-state index contributed by atoms with van der Waals surface area (Å²) < 4.78 is 47.1. The van der Waals surface area contributed by atoms with Gasteiger partial charge in [-0.3, -0.25) is 4.79 Å². The monoisotopic (exact) mass is 393 g/mol. The molecule has 0 bridgehead atoms. The number of amides is 1. The van der Waals surface area contributed by atoms with E-state index in [2.05, 4.69) is 20.0 Å². The molecule has 1 atom stereocenters. The van der Waals surface area contributed by atoms with Gasteiger partial charge >= 0.3 is 6.18 Å². The lowest BCUT2D eigenvalue weighted by atomic mass is 10.1. The molecule has 148 valence electrons. The molecule has 28 heavy (non-hydrogen) atoms. The SMILES string of the molecule is Cc1cc(C(=O)NC(C)c2ccnc(OCC(F)(F)F)c2)c2oc(C)nc2c1. The van der Waals surface area contributed by atoms with Gasteiger partial charge in [0.25, 0.3) is 5.91 Å². The Morgan fingerprint density at radius 1 is 1.29 bits per heavy atom. The number of hydrogen-bond acceptors (Lipinski definition) is 5. The zero-order valence-corrected chi connectivity index (χ0v) is 15.4. The van der Waals surface area contributed by atoms with Crippen molar-refractivity contribution in [2.75, 3.05) is 6.61 Å². The van der Waals surface area contributed by atoms with Gasteiger partial charge in [0.2, 0.25) is 5.88 Å². The number of nitrogens with zero attached hydrogens (tertiary/aromatic N) is 2. The van der Waals surface area contributed by atoms with E-state index in [9.17, 15) is 18.0 Å². The molecule has 1 unspecified atom stereocenters. The normalized spacial score (nSPS) is 12.8. The highest BCUT2D eigenvalue weighted by Crippen LogP contribution is 2.24. The summed E-state index contributed by atoms with van der Waals surface area (Å²) in [5.74, 6) is -0.102. The Morgan fingerprint density at radius 2 is 2.04 bits per heavy atom. The highest BCUT2D eigenvalue weighted by atomic mass is 19.4. The van der Waals surface area contributed by atoms with Gasteiger partial charge in [-0.05, 0) is 43.2 Å². The van der Waals surface area contributed by atoms with Crippen LogP contribution in [0, 0.1) is 13.8 Å². The smallest absolute Gasteiger partial charge is 0.422 e. The van der Waals surface area contributed by atoms with Gasteiger partial charge in [-0.15, -0.1) is 0 Å². The van der Waals surface area contributed by atoms with Crippen LogP contribution in [0.2, 0.25) is 0 Å². The largest absolute Gasteiger partial charge is 0.468 e. The summed E-state index contributed by atoms with van der Waals surface area (Å²) in [6.07, 6.45) is -3.13. The summed E-state index contributed by atoms with van der Waals surface area (Å²) >= 11 is 0. The fourth-order valence-electron chi connectivity index (χ4n) is 2.74. The van der Waals surface area contributed by atoms with Crippen LogP contribution in [0.4, 0.5) is 13.2 Å². The number of ether oxygens (including phenoxy) is 1. The Bertz CT molecular complexity index is 1010. The Morgan fingerprint density at radius 3 is 2.75 bits per heavy atom. The molecule has 2 heterocycles. The Labute approximate surface area is 158 Å². The van der Waals surface area contributed by atoms with Crippen molar-refractivity contribution in [2.45, 2.75) is 33.0 Å². The number of alkyl halides is 3. The van der Waals surface area contributed by atoms with Crippen LogP contribution < -0.4 is 10.1 Å². The summed E-state index contributed by atoms with van der Waals surface area (Å²) in [5, 5.41) is 2.81. The molecule has 0 fully saturated rings. The highest BCUT2D eigenvalue weighted by molar-refractivity contribution is 6.04. The number of carbonyl (C=O) groups is 1. The Hall–Kier alpha value is -3.10. The molecule has 2 aromatic heterocycles. The predicted molar refractivity (Wildman–Crippen MR) is 95.2 cm³/mol. The van der Waals surface area contributed by atoms with E-state index in [0.29, 0.717) is 28.1 Å². The van der Waals surface area contributed by atoms with E-state index in [0.717, 1.165) is 5.56 Å². The number of nitrogens with one attached hydrogen (secondary N) is 1. The van der Waals surface area contributed by atoms with Crippen molar-refractivity contribution in [3.05, 3.63) is 53.0 Å². The van der Waals surface area contributed by atoms with Crippen LogP contribution in [-0.2, 0) is 0 Å². The first-order chi connectivity index (χ1) is 13.1. The standard InChI is InChI=1S/C19H18F3N3O3/c1-10-6-14(17-15(7-10)25-12(3)28-17)18(26)24-11(2)13-4-5-23-16(8-13)27-9-19(20,21)22/h4-8,11H,9H2,1-3H3,(H,24,26). The van der Waals surface area contributed by atoms with E-state index in [4.69, 9.17) is 4.42 Å². The van der Waals surface area contributed by atoms with E-state index >= 15 is 0 Å². The van der Waals surface area contributed by atoms with Crippen molar-refractivity contribution in [1.82, 2.24) is 15.3 Å². The summed E-state index contributed by atoms with van der Waals surface area (Å²) in [5.41, 5.74) is 2.72. The maximum absolute atomic E-state index is 12.8. The number of aryl methyl sites for hydroxylation is 2. The van der Waals surface area contributed by atoms with Crippen LogP contribution in [0.3, 0.4) is 0 Å². The van der Waals surface area contributed by atoms with Gasteiger partial charge in [0.1, 0.15) is 5.52 Å². The number of aromatic nitrogens is 2. The fraction of sp³-hybridized carbons (Fsp3) is 0.316. The first kappa shape index (κ1) is 19.7. The van der Waals surface area contributed by atoms with Crippen LogP contribution >= 0.6 is 0 Å². The first-order valence-corrected chi connectivity index (χ1v) is 8.46. The summed E-state index contributed by atoms with van der Waals surface area (Å²) in [6.45, 7) is 3.81. The number of fused-ring (bicyclic) bond motifs is 1.